The number of halogens is 2. The zero-order valence-electron chi connectivity index (χ0n) is 13.5. The van der Waals surface area contributed by atoms with Gasteiger partial charge in [0.1, 0.15) is 18.4 Å². The van der Waals surface area contributed by atoms with Crippen LogP contribution >= 0.6 is 0 Å². The molecule has 0 aliphatic carbocycles. The molecule has 0 radical (unpaired) electrons. The van der Waals surface area contributed by atoms with Gasteiger partial charge in [-0.15, -0.1) is 0 Å². The second-order valence-electron chi connectivity index (χ2n) is 5.13. The van der Waals surface area contributed by atoms with E-state index in [9.17, 15) is 8.78 Å². The number of aromatic nitrogens is 4. The predicted octanol–water partition coefficient (Wildman–Crippen LogP) is 3.39. The maximum absolute atomic E-state index is 12.5. The molecule has 0 amide bonds. The van der Waals surface area contributed by atoms with E-state index in [1.807, 2.05) is 13.0 Å². The van der Waals surface area contributed by atoms with Gasteiger partial charge in [0.25, 0.3) is 0 Å². The van der Waals surface area contributed by atoms with Gasteiger partial charge < -0.3 is 9.47 Å². The highest BCUT2D eigenvalue weighted by Crippen LogP contribution is 2.32. The second-order valence-corrected chi connectivity index (χ2v) is 5.13. The van der Waals surface area contributed by atoms with E-state index in [1.165, 1.54) is 18.5 Å². The molecule has 8 heteroatoms. The summed E-state index contributed by atoms with van der Waals surface area (Å²) in [5.41, 5.74) is 2.25. The van der Waals surface area contributed by atoms with E-state index >= 15 is 0 Å². The molecule has 1 aromatic carbocycles. The lowest BCUT2D eigenvalue weighted by Gasteiger charge is -2.12. The molecule has 2 heterocycles. The minimum atomic E-state index is -2.88. The molecule has 0 N–H and O–H groups in total. The Morgan fingerprint density at radius 3 is 2.84 bits per heavy atom. The van der Waals surface area contributed by atoms with Crippen LogP contribution in [0.1, 0.15) is 12.5 Å². The van der Waals surface area contributed by atoms with Crippen LogP contribution in [-0.4, -0.2) is 33.0 Å². The topological polar surface area (TPSA) is 62.1 Å². The van der Waals surface area contributed by atoms with Crippen LogP contribution in [0.5, 0.6) is 11.6 Å². The lowest BCUT2D eigenvalue weighted by Crippen LogP contribution is -2.04. The van der Waals surface area contributed by atoms with Gasteiger partial charge >= 0.3 is 6.61 Å². The third-order valence-corrected chi connectivity index (χ3v) is 3.37. The lowest BCUT2D eigenvalue weighted by molar-refractivity contribution is -0.0498. The Morgan fingerprint density at radius 2 is 2.12 bits per heavy atom. The molecule has 3 aromatic rings. The largest absolute Gasteiger partial charge is 0.478 e. The molecule has 0 saturated carbocycles. The Labute approximate surface area is 143 Å². The molecular weight excluding hydrogens is 330 g/mol. The summed E-state index contributed by atoms with van der Waals surface area (Å²) in [6.07, 6.45) is 4.75. The normalized spacial score (nSPS) is 10.9. The van der Waals surface area contributed by atoms with E-state index in [0.29, 0.717) is 30.2 Å². The molecule has 2 aromatic heterocycles. The first-order valence-corrected chi connectivity index (χ1v) is 7.65. The number of pyridine rings is 1. The molecule has 0 aliphatic heterocycles. The summed E-state index contributed by atoms with van der Waals surface area (Å²) < 4.78 is 36.6. The van der Waals surface area contributed by atoms with Gasteiger partial charge in [0.2, 0.25) is 5.88 Å². The molecule has 130 valence electrons. The molecule has 25 heavy (non-hydrogen) atoms. The number of nitrogens with zero attached hydrogens (tertiary/aromatic N) is 4. The predicted molar refractivity (Wildman–Crippen MR) is 86.6 cm³/mol. The Morgan fingerprint density at radius 1 is 1.24 bits per heavy atom. The molecule has 0 aliphatic rings. The van der Waals surface area contributed by atoms with Gasteiger partial charge in [-0.1, -0.05) is 12.1 Å². The summed E-state index contributed by atoms with van der Waals surface area (Å²) in [6, 6.07) is 8.33. The summed E-state index contributed by atoms with van der Waals surface area (Å²) in [5, 5.41) is 4.06. The van der Waals surface area contributed by atoms with E-state index in [2.05, 4.69) is 19.8 Å². The van der Waals surface area contributed by atoms with Crippen molar-refractivity contribution in [1.29, 1.82) is 0 Å². The quantitative estimate of drug-likeness (QED) is 0.656. The number of hydrogen-bond acceptors (Lipinski definition) is 5. The number of ether oxygens (including phenoxy) is 2. The van der Waals surface area contributed by atoms with Crippen LogP contribution in [0.15, 0.2) is 49.2 Å². The van der Waals surface area contributed by atoms with Crippen molar-refractivity contribution in [2.24, 2.45) is 0 Å². The number of hydrogen-bond donors (Lipinski definition) is 0. The summed E-state index contributed by atoms with van der Waals surface area (Å²) in [7, 11) is 0. The summed E-state index contributed by atoms with van der Waals surface area (Å²) in [6.45, 7) is -0.0983. The van der Waals surface area contributed by atoms with Crippen molar-refractivity contribution in [3.63, 3.8) is 0 Å². The van der Waals surface area contributed by atoms with Crippen LogP contribution in [0.2, 0.25) is 0 Å². The zero-order valence-corrected chi connectivity index (χ0v) is 13.5. The molecule has 3 rings (SSSR count). The molecule has 0 fully saturated rings. The van der Waals surface area contributed by atoms with Crippen LogP contribution in [0, 0.1) is 0 Å². The van der Waals surface area contributed by atoms with Crippen molar-refractivity contribution in [3.05, 3.63) is 54.7 Å². The number of benzene rings is 1. The lowest BCUT2D eigenvalue weighted by atomic mass is 10.0. The minimum Gasteiger partial charge on any atom is -0.478 e. The summed E-state index contributed by atoms with van der Waals surface area (Å²) in [4.78, 5) is 8.25. The number of rotatable bonds is 7. The van der Waals surface area contributed by atoms with Crippen LogP contribution < -0.4 is 9.47 Å². The van der Waals surface area contributed by atoms with Crippen molar-refractivity contribution in [2.75, 3.05) is 6.61 Å². The first-order chi connectivity index (χ1) is 12.2. The SMILES string of the molecule is CCOc1ncc(Cn2cncn2)cc1-c1cccc(OC(F)F)c1. The monoisotopic (exact) mass is 346 g/mol. The van der Waals surface area contributed by atoms with Crippen LogP contribution in [0.25, 0.3) is 11.1 Å². The Bertz CT molecular complexity index is 825. The fourth-order valence-electron chi connectivity index (χ4n) is 2.38. The average molecular weight is 346 g/mol. The molecule has 0 bridgehead atoms. The number of alkyl halides is 2. The fourth-order valence-corrected chi connectivity index (χ4v) is 2.38. The zero-order chi connectivity index (χ0) is 17.6. The molecular formula is C17H16F2N4O2. The maximum Gasteiger partial charge on any atom is 0.387 e. The summed E-state index contributed by atoms with van der Waals surface area (Å²) >= 11 is 0. The summed E-state index contributed by atoms with van der Waals surface area (Å²) in [5.74, 6) is 0.510. The van der Waals surface area contributed by atoms with Crippen molar-refractivity contribution >= 4 is 0 Å². The third kappa shape index (κ3) is 4.28. The smallest absolute Gasteiger partial charge is 0.387 e. The molecule has 0 unspecified atom stereocenters. The molecule has 0 saturated heterocycles. The average Bonchev–Trinajstić information content (AvgIpc) is 3.09. The molecule has 0 spiro atoms. The van der Waals surface area contributed by atoms with E-state index in [-0.39, 0.29) is 5.75 Å². The van der Waals surface area contributed by atoms with Gasteiger partial charge in [-0.3, -0.25) is 0 Å². The van der Waals surface area contributed by atoms with Gasteiger partial charge in [-0.25, -0.2) is 14.6 Å². The molecule has 6 nitrogen and oxygen atoms in total. The second kappa shape index (κ2) is 7.69. The highest BCUT2D eigenvalue weighted by molar-refractivity contribution is 5.70. The Balaban J connectivity index is 1.97. The van der Waals surface area contributed by atoms with Crippen molar-refractivity contribution in [3.8, 4) is 22.8 Å². The highest BCUT2D eigenvalue weighted by Gasteiger charge is 2.12. The fraction of sp³-hybridized carbons (Fsp3) is 0.235. The van der Waals surface area contributed by atoms with Crippen LogP contribution in [0.3, 0.4) is 0 Å². The van der Waals surface area contributed by atoms with Gasteiger partial charge in [-0.2, -0.15) is 13.9 Å². The van der Waals surface area contributed by atoms with Gasteiger partial charge in [0.05, 0.1) is 13.2 Å². The van der Waals surface area contributed by atoms with Crippen molar-refractivity contribution in [2.45, 2.75) is 20.1 Å². The van der Waals surface area contributed by atoms with Crippen molar-refractivity contribution in [1.82, 2.24) is 19.7 Å². The highest BCUT2D eigenvalue weighted by atomic mass is 19.3. The minimum absolute atomic E-state index is 0.0802. The van der Waals surface area contributed by atoms with Gasteiger partial charge in [0.15, 0.2) is 0 Å². The van der Waals surface area contributed by atoms with Crippen LogP contribution in [0.4, 0.5) is 8.78 Å². The Hall–Kier alpha value is -3.03. The van der Waals surface area contributed by atoms with E-state index in [4.69, 9.17) is 4.74 Å². The van der Waals surface area contributed by atoms with E-state index < -0.39 is 6.61 Å². The van der Waals surface area contributed by atoms with Crippen LogP contribution in [-0.2, 0) is 6.54 Å². The molecule has 0 atom stereocenters. The van der Waals surface area contributed by atoms with Crippen molar-refractivity contribution < 1.29 is 18.3 Å². The first-order valence-electron chi connectivity index (χ1n) is 7.65. The van der Waals surface area contributed by atoms with Gasteiger partial charge in [0, 0.05) is 11.8 Å². The maximum atomic E-state index is 12.5. The third-order valence-electron chi connectivity index (χ3n) is 3.37. The van der Waals surface area contributed by atoms with Gasteiger partial charge in [-0.05, 0) is 36.2 Å². The van der Waals surface area contributed by atoms with E-state index in [1.54, 1.807) is 29.3 Å². The first kappa shape index (κ1) is 16.8. The van der Waals surface area contributed by atoms with E-state index in [0.717, 1.165) is 5.56 Å². The Kier molecular flexibility index (Phi) is 5.17. The standard InChI is InChI=1S/C17H16F2N4O2/c1-2-24-16-15(13-4-3-5-14(7-13)25-17(18)19)6-12(8-21-16)9-23-11-20-10-22-23/h3-8,10-11,17H,2,9H2,1H3.